The third-order valence-electron chi connectivity index (χ3n) is 5.01. The van der Waals surface area contributed by atoms with Gasteiger partial charge in [0, 0.05) is 24.2 Å². The van der Waals surface area contributed by atoms with Gasteiger partial charge in [-0.15, -0.1) is 0 Å². The van der Waals surface area contributed by atoms with Crippen LogP contribution in [0, 0.1) is 10.1 Å². The van der Waals surface area contributed by atoms with Crippen LogP contribution in [0.3, 0.4) is 0 Å². The number of aromatic nitrogens is 2. The largest absolute Gasteiger partial charge is 0.490 e. The van der Waals surface area contributed by atoms with E-state index >= 15 is 0 Å². The fourth-order valence-corrected chi connectivity index (χ4v) is 3.27. The minimum atomic E-state index is -0.519. The van der Waals surface area contributed by atoms with Crippen molar-refractivity contribution in [3.63, 3.8) is 0 Å². The Balaban J connectivity index is 1.52. The smallest absolute Gasteiger partial charge is 0.292 e. The van der Waals surface area contributed by atoms with E-state index in [1.165, 1.54) is 36.9 Å². The number of benzene rings is 2. The number of nitro groups is 1. The van der Waals surface area contributed by atoms with Crippen molar-refractivity contribution in [1.82, 2.24) is 9.78 Å². The van der Waals surface area contributed by atoms with Gasteiger partial charge in [-0.05, 0) is 37.5 Å². The van der Waals surface area contributed by atoms with Gasteiger partial charge >= 0.3 is 0 Å². The van der Waals surface area contributed by atoms with E-state index in [4.69, 9.17) is 16.3 Å². The molecule has 8 nitrogen and oxygen atoms in total. The highest BCUT2D eigenvalue weighted by atomic mass is 35.5. The van der Waals surface area contributed by atoms with Gasteiger partial charge < -0.3 is 10.1 Å². The average molecular weight is 427 g/mol. The monoisotopic (exact) mass is 426 g/mol. The van der Waals surface area contributed by atoms with Gasteiger partial charge in [-0.25, -0.2) is 0 Å². The highest BCUT2D eigenvalue weighted by Crippen LogP contribution is 2.28. The normalized spacial score (nSPS) is 13.5. The lowest BCUT2D eigenvalue weighted by molar-refractivity contribution is -0.384. The molecule has 1 N–H and O–H groups in total. The lowest BCUT2D eigenvalue weighted by Crippen LogP contribution is -2.25. The summed E-state index contributed by atoms with van der Waals surface area (Å²) in [6.07, 6.45) is 5.05. The molecule has 3 aromatic rings. The lowest BCUT2D eigenvalue weighted by Gasteiger charge is -2.27. The van der Waals surface area contributed by atoms with E-state index in [0.29, 0.717) is 17.9 Å². The Kier molecular flexibility index (Phi) is 5.67. The summed E-state index contributed by atoms with van der Waals surface area (Å²) < 4.78 is 7.13. The molecule has 1 aliphatic carbocycles. The molecule has 0 radical (unpaired) electrons. The Labute approximate surface area is 177 Å². The minimum Gasteiger partial charge on any atom is -0.490 e. The molecule has 2 aromatic carbocycles. The number of para-hydroxylation sites is 1. The topological polar surface area (TPSA) is 99.3 Å². The maximum Gasteiger partial charge on any atom is 0.292 e. The zero-order valence-corrected chi connectivity index (χ0v) is 16.7. The van der Waals surface area contributed by atoms with Crippen LogP contribution in [-0.2, 0) is 6.54 Å². The summed E-state index contributed by atoms with van der Waals surface area (Å²) in [5.41, 5.74) is 1.16. The fourth-order valence-electron chi connectivity index (χ4n) is 3.08. The van der Waals surface area contributed by atoms with Gasteiger partial charge in [-0.2, -0.15) is 9.78 Å². The first-order valence-electron chi connectivity index (χ1n) is 9.54. The number of ether oxygens (including phenoxy) is 1. The van der Waals surface area contributed by atoms with E-state index in [0.717, 1.165) is 28.8 Å². The number of hydrogen-bond acceptors (Lipinski definition) is 6. The summed E-state index contributed by atoms with van der Waals surface area (Å²) in [6.45, 7) is 0.422. The second-order valence-corrected chi connectivity index (χ2v) is 7.37. The fraction of sp³-hybridized carbons (Fsp3) is 0.238. The maximum absolute atomic E-state index is 12.6. The molecule has 4 rings (SSSR count). The molecule has 0 aliphatic heterocycles. The molecule has 1 fully saturated rings. The van der Waals surface area contributed by atoms with Crippen LogP contribution in [0.25, 0.3) is 5.69 Å². The summed E-state index contributed by atoms with van der Waals surface area (Å²) >= 11 is 6.28. The quantitative estimate of drug-likeness (QED) is 0.445. The van der Waals surface area contributed by atoms with Gasteiger partial charge in [-0.1, -0.05) is 29.8 Å². The van der Waals surface area contributed by atoms with Crippen molar-refractivity contribution in [3.05, 3.63) is 85.8 Å². The summed E-state index contributed by atoms with van der Waals surface area (Å²) in [5, 5.41) is 18.1. The van der Waals surface area contributed by atoms with Gasteiger partial charge in [0.25, 0.3) is 11.2 Å². The van der Waals surface area contributed by atoms with E-state index < -0.39 is 10.5 Å². The van der Waals surface area contributed by atoms with Crippen LogP contribution < -0.4 is 15.6 Å². The van der Waals surface area contributed by atoms with Crippen LogP contribution in [-0.4, -0.2) is 20.8 Å². The van der Waals surface area contributed by atoms with Gasteiger partial charge in [0.1, 0.15) is 10.8 Å². The molecule has 0 spiro atoms. The second-order valence-electron chi connectivity index (χ2n) is 6.99. The zero-order chi connectivity index (χ0) is 21.1. The van der Waals surface area contributed by atoms with Gasteiger partial charge in [0.2, 0.25) is 0 Å². The summed E-state index contributed by atoms with van der Waals surface area (Å²) in [6, 6.07) is 13.3. The van der Waals surface area contributed by atoms with E-state index in [2.05, 4.69) is 10.4 Å². The summed E-state index contributed by atoms with van der Waals surface area (Å²) in [7, 11) is 0. The van der Waals surface area contributed by atoms with Gasteiger partial charge in [0.05, 0.1) is 28.6 Å². The number of rotatable bonds is 7. The summed E-state index contributed by atoms with van der Waals surface area (Å²) in [4.78, 5) is 22.9. The number of nitrogens with one attached hydrogen (secondary N) is 1. The Bertz CT molecular complexity index is 1130. The number of non-ortho nitro benzene ring substituents is 1. The lowest BCUT2D eigenvalue weighted by atomic mass is 9.96. The number of anilines is 1. The number of nitrogens with zero attached hydrogens (tertiary/aromatic N) is 3. The first kappa shape index (κ1) is 19.9. The molecule has 30 heavy (non-hydrogen) atoms. The minimum absolute atomic E-state index is 0.0132. The Morgan fingerprint density at radius 3 is 2.60 bits per heavy atom. The van der Waals surface area contributed by atoms with E-state index in [1.807, 2.05) is 24.3 Å². The Morgan fingerprint density at radius 1 is 1.20 bits per heavy atom. The first-order valence-corrected chi connectivity index (χ1v) is 9.92. The molecular formula is C21H19ClN4O4. The standard InChI is InChI=1S/C21H19ClN4O4/c22-20-18(23-12-14-4-1-2-7-19(14)30-17-5-3-6-17)13-24-25(21(20)27)15-8-10-16(11-9-15)26(28)29/h1-2,4,7-11,13,17,23H,3,5-6,12H2. The van der Waals surface area contributed by atoms with Crippen LogP contribution in [0.1, 0.15) is 24.8 Å². The molecule has 0 atom stereocenters. The molecule has 0 bridgehead atoms. The van der Waals surface area contributed by atoms with Crippen LogP contribution in [0.15, 0.2) is 59.5 Å². The second kappa shape index (κ2) is 8.54. The van der Waals surface area contributed by atoms with Gasteiger partial charge in [0.15, 0.2) is 0 Å². The Hall–Kier alpha value is -3.39. The zero-order valence-electron chi connectivity index (χ0n) is 16.0. The molecule has 1 heterocycles. The Morgan fingerprint density at radius 2 is 1.93 bits per heavy atom. The van der Waals surface area contributed by atoms with Crippen LogP contribution in [0.4, 0.5) is 11.4 Å². The molecule has 0 saturated heterocycles. The molecule has 1 saturated carbocycles. The van der Waals surface area contributed by atoms with Crippen LogP contribution in [0.5, 0.6) is 5.75 Å². The molecule has 0 amide bonds. The van der Waals surface area contributed by atoms with Crippen molar-refractivity contribution in [3.8, 4) is 11.4 Å². The third-order valence-corrected chi connectivity index (χ3v) is 5.38. The summed E-state index contributed by atoms with van der Waals surface area (Å²) in [5.74, 6) is 0.818. The average Bonchev–Trinajstić information content (AvgIpc) is 2.72. The van der Waals surface area contributed by atoms with E-state index in [-0.39, 0.29) is 16.8 Å². The van der Waals surface area contributed by atoms with Crippen molar-refractivity contribution in [2.75, 3.05) is 5.32 Å². The first-order chi connectivity index (χ1) is 14.5. The van der Waals surface area contributed by atoms with E-state index in [1.54, 1.807) is 0 Å². The molecular weight excluding hydrogens is 408 g/mol. The van der Waals surface area contributed by atoms with Crippen molar-refractivity contribution >= 4 is 23.0 Å². The highest BCUT2D eigenvalue weighted by molar-refractivity contribution is 6.32. The van der Waals surface area contributed by atoms with Crippen molar-refractivity contribution in [2.24, 2.45) is 0 Å². The number of halogens is 1. The molecule has 0 unspecified atom stereocenters. The van der Waals surface area contributed by atoms with Crippen molar-refractivity contribution in [1.29, 1.82) is 0 Å². The predicted octanol–water partition coefficient (Wildman–Crippen LogP) is 4.34. The number of hydrogen-bond donors (Lipinski definition) is 1. The van der Waals surface area contributed by atoms with E-state index in [9.17, 15) is 14.9 Å². The van der Waals surface area contributed by atoms with Crippen LogP contribution in [0.2, 0.25) is 5.02 Å². The van der Waals surface area contributed by atoms with Crippen molar-refractivity contribution in [2.45, 2.75) is 31.9 Å². The molecule has 9 heteroatoms. The molecule has 1 aromatic heterocycles. The molecule has 154 valence electrons. The maximum atomic E-state index is 12.6. The van der Waals surface area contributed by atoms with Crippen molar-refractivity contribution < 1.29 is 9.66 Å². The highest BCUT2D eigenvalue weighted by Gasteiger charge is 2.20. The third kappa shape index (κ3) is 4.13. The number of nitro benzene ring substituents is 1. The molecule has 1 aliphatic rings. The van der Waals surface area contributed by atoms with Gasteiger partial charge in [-0.3, -0.25) is 14.9 Å². The SMILES string of the molecule is O=c1c(Cl)c(NCc2ccccc2OC2CCC2)cnn1-c1ccc([N+](=O)[O-])cc1. The van der Waals surface area contributed by atoms with Crippen LogP contribution >= 0.6 is 11.6 Å². The predicted molar refractivity (Wildman–Crippen MR) is 114 cm³/mol.